The first kappa shape index (κ1) is 15.4. The van der Waals surface area contributed by atoms with Crippen LogP contribution >= 0.6 is 15.9 Å². The summed E-state index contributed by atoms with van der Waals surface area (Å²) in [6.45, 7) is 3.15. The van der Waals surface area contributed by atoms with E-state index in [-0.39, 0.29) is 0 Å². The summed E-state index contributed by atoms with van der Waals surface area (Å²) in [7, 11) is 1.94. The van der Waals surface area contributed by atoms with Gasteiger partial charge in [0.25, 0.3) is 0 Å². The van der Waals surface area contributed by atoms with E-state index in [0.29, 0.717) is 18.7 Å². The van der Waals surface area contributed by atoms with Crippen LogP contribution < -0.4 is 17.2 Å². The van der Waals surface area contributed by atoms with Crippen molar-refractivity contribution in [3.05, 3.63) is 21.7 Å². The fourth-order valence-electron chi connectivity index (χ4n) is 0.915. The van der Waals surface area contributed by atoms with Gasteiger partial charge in [-0.2, -0.15) is 0 Å². The topological polar surface area (TPSA) is 85.7 Å². The van der Waals surface area contributed by atoms with Gasteiger partial charge in [0.05, 0.1) is 6.61 Å². The van der Waals surface area contributed by atoms with Crippen molar-refractivity contribution in [1.29, 1.82) is 0 Å². The molecule has 0 aromatic heterocycles. The standard InChI is InChI=1S/C9H18BBrN4O/c1-2-14-6-7(9(10)11)5-8(12)3-4-16-15-13/h5-6,15H,2-4,10,12-13H2,1H3/b8-5-,9-7-,14-6+. The van der Waals surface area contributed by atoms with Gasteiger partial charge >= 0.3 is 0 Å². The molecule has 90 valence electrons. The second-order valence-electron chi connectivity index (χ2n) is 3.05. The lowest BCUT2D eigenvalue weighted by Gasteiger charge is -2.03. The highest BCUT2D eigenvalue weighted by Gasteiger charge is 1.97. The molecule has 7 heteroatoms. The van der Waals surface area contributed by atoms with E-state index < -0.39 is 0 Å². The zero-order chi connectivity index (χ0) is 12.4. The molecule has 0 rings (SSSR count). The van der Waals surface area contributed by atoms with Gasteiger partial charge in [0.15, 0.2) is 0 Å². The van der Waals surface area contributed by atoms with Gasteiger partial charge in [0, 0.05) is 24.9 Å². The lowest BCUT2D eigenvalue weighted by atomic mass is 10.0. The lowest BCUT2D eigenvalue weighted by molar-refractivity contribution is 0.0433. The van der Waals surface area contributed by atoms with Gasteiger partial charge < -0.3 is 5.73 Å². The van der Waals surface area contributed by atoms with Crippen LogP contribution in [-0.2, 0) is 4.84 Å². The molecule has 0 bridgehead atoms. The fourth-order valence-corrected chi connectivity index (χ4v) is 1.13. The number of hydrazine groups is 1. The Morgan fingerprint density at radius 2 is 2.31 bits per heavy atom. The van der Waals surface area contributed by atoms with E-state index >= 15 is 0 Å². The van der Waals surface area contributed by atoms with Gasteiger partial charge in [-0.15, -0.1) is 5.59 Å². The number of nitrogens with zero attached hydrogens (tertiary/aromatic N) is 1. The Morgan fingerprint density at radius 1 is 1.62 bits per heavy atom. The van der Waals surface area contributed by atoms with Crippen molar-refractivity contribution in [2.24, 2.45) is 16.6 Å². The van der Waals surface area contributed by atoms with E-state index in [1.54, 1.807) is 6.21 Å². The predicted octanol–water partition coefficient (Wildman–Crippen LogP) is -0.0557. The van der Waals surface area contributed by atoms with Crippen LogP contribution in [0.5, 0.6) is 0 Å². The molecule has 5 N–H and O–H groups in total. The Bertz CT molecular complexity index is 287. The molecule has 0 aromatic carbocycles. The first-order valence-corrected chi connectivity index (χ1v) is 5.80. The summed E-state index contributed by atoms with van der Waals surface area (Å²) in [6.07, 6.45) is 4.26. The Labute approximate surface area is 105 Å². The average Bonchev–Trinajstić information content (AvgIpc) is 2.24. The van der Waals surface area contributed by atoms with Crippen LogP contribution in [0.1, 0.15) is 13.3 Å². The van der Waals surface area contributed by atoms with Gasteiger partial charge in [-0.3, -0.25) is 9.83 Å². The highest BCUT2D eigenvalue weighted by Crippen LogP contribution is 2.09. The van der Waals surface area contributed by atoms with Crippen molar-refractivity contribution < 1.29 is 4.84 Å². The number of nitrogens with one attached hydrogen (secondary N) is 1. The molecular weight excluding hydrogens is 271 g/mol. The number of nitrogens with two attached hydrogens (primary N) is 2. The van der Waals surface area contributed by atoms with E-state index in [0.717, 1.165) is 16.5 Å². The van der Waals surface area contributed by atoms with E-state index in [9.17, 15) is 0 Å². The van der Waals surface area contributed by atoms with Crippen LogP contribution in [0.25, 0.3) is 0 Å². The van der Waals surface area contributed by atoms with Crippen LogP contribution in [0, 0.1) is 0 Å². The Hall–Kier alpha value is -0.625. The van der Waals surface area contributed by atoms with Gasteiger partial charge in [-0.1, -0.05) is 15.9 Å². The molecule has 0 radical (unpaired) electrons. The van der Waals surface area contributed by atoms with Crippen molar-refractivity contribution in [3.8, 4) is 0 Å². The highest BCUT2D eigenvalue weighted by atomic mass is 79.9. The molecule has 0 aliphatic heterocycles. The minimum Gasteiger partial charge on any atom is -0.402 e. The molecule has 5 nitrogen and oxygen atoms in total. The molecule has 0 unspecified atom stereocenters. The summed E-state index contributed by atoms with van der Waals surface area (Å²) in [5, 5.41) is 0. The highest BCUT2D eigenvalue weighted by molar-refractivity contribution is 9.12. The van der Waals surface area contributed by atoms with Crippen molar-refractivity contribution in [2.75, 3.05) is 13.2 Å². The average molecular weight is 289 g/mol. The predicted molar refractivity (Wildman–Crippen MR) is 73.7 cm³/mol. The molecule has 0 spiro atoms. The minimum atomic E-state index is 0.429. The quantitative estimate of drug-likeness (QED) is 0.153. The number of aliphatic imine (C=N–C) groups is 1. The molecule has 0 aliphatic carbocycles. The largest absolute Gasteiger partial charge is 0.402 e. The van der Waals surface area contributed by atoms with E-state index in [4.69, 9.17) is 16.4 Å². The molecule has 0 heterocycles. The SMILES string of the molecule is B/C(Br)=C(\C=C(/N)CCONN)/C=N/CC. The first-order chi connectivity index (χ1) is 7.61. The molecular formula is C9H18BBrN4O. The monoisotopic (exact) mass is 288 g/mol. The van der Waals surface area contributed by atoms with E-state index in [2.05, 4.69) is 26.5 Å². The smallest absolute Gasteiger partial charge is 0.149 e. The second kappa shape index (κ2) is 9.59. The van der Waals surface area contributed by atoms with Crippen LogP contribution in [0.15, 0.2) is 26.7 Å². The summed E-state index contributed by atoms with van der Waals surface area (Å²) < 4.78 is 0.991. The zero-order valence-electron chi connectivity index (χ0n) is 9.66. The van der Waals surface area contributed by atoms with Crippen molar-refractivity contribution in [2.45, 2.75) is 13.3 Å². The van der Waals surface area contributed by atoms with Gasteiger partial charge in [-0.05, 0) is 23.0 Å². The van der Waals surface area contributed by atoms with Gasteiger partial charge in [-0.25, -0.2) is 5.84 Å². The van der Waals surface area contributed by atoms with Crippen LogP contribution in [0.2, 0.25) is 0 Å². The maximum atomic E-state index is 5.82. The summed E-state index contributed by atoms with van der Waals surface area (Å²) in [5.41, 5.74) is 9.60. The number of allylic oxidation sites excluding steroid dienone is 2. The molecule has 0 saturated carbocycles. The Morgan fingerprint density at radius 3 is 2.81 bits per heavy atom. The number of hydrogen-bond donors (Lipinski definition) is 3. The Kier molecular flexibility index (Phi) is 9.22. The summed E-state index contributed by atoms with van der Waals surface area (Å²) in [4.78, 5) is 8.94. The first-order valence-electron chi connectivity index (χ1n) is 5.01. The lowest BCUT2D eigenvalue weighted by Crippen LogP contribution is -2.23. The minimum absolute atomic E-state index is 0.429. The summed E-state index contributed by atoms with van der Waals surface area (Å²) >= 11 is 3.41. The zero-order valence-corrected chi connectivity index (χ0v) is 11.3. The fraction of sp³-hybridized carbons (Fsp3) is 0.444. The third-order valence-electron chi connectivity index (χ3n) is 1.73. The van der Waals surface area contributed by atoms with Crippen molar-refractivity contribution in [3.63, 3.8) is 0 Å². The molecule has 0 saturated heterocycles. The number of rotatable bonds is 7. The van der Waals surface area contributed by atoms with Crippen LogP contribution in [0.3, 0.4) is 0 Å². The van der Waals surface area contributed by atoms with Gasteiger partial charge in [0.1, 0.15) is 7.85 Å². The van der Waals surface area contributed by atoms with E-state index in [1.807, 2.05) is 20.8 Å². The molecule has 0 aromatic rings. The second-order valence-corrected chi connectivity index (χ2v) is 4.24. The molecule has 16 heavy (non-hydrogen) atoms. The van der Waals surface area contributed by atoms with Crippen LogP contribution in [-0.4, -0.2) is 27.2 Å². The maximum absolute atomic E-state index is 5.82. The summed E-state index contributed by atoms with van der Waals surface area (Å²) in [5.74, 6) is 4.96. The van der Waals surface area contributed by atoms with Crippen molar-refractivity contribution in [1.82, 2.24) is 5.59 Å². The number of halogens is 1. The molecule has 0 atom stereocenters. The van der Waals surface area contributed by atoms with Crippen LogP contribution in [0.4, 0.5) is 0 Å². The van der Waals surface area contributed by atoms with E-state index in [1.165, 1.54) is 0 Å². The maximum Gasteiger partial charge on any atom is 0.149 e. The summed E-state index contributed by atoms with van der Waals surface area (Å²) in [6, 6.07) is 0. The third kappa shape index (κ3) is 7.64. The molecule has 0 amide bonds. The Balaban J connectivity index is 4.43. The van der Waals surface area contributed by atoms with Gasteiger partial charge in [0.2, 0.25) is 0 Å². The van der Waals surface area contributed by atoms with Crippen molar-refractivity contribution >= 4 is 30.0 Å². The third-order valence-corrected chi connectivity index (χ3v) is 2.19. The number of hydrogen-bond acceptors (Lipinski definition) is 5. The molecule has 0 fully saturated rings. The molecule has 0 aliphatic rings. The normalized spacial score (nSPS) is 14.3.